The van der Waals surface area contributed by atoms with E-state index >= 15 is 0 Å². The summed E-state index contributed by atoms with van der Waals surface area (Å²) in [5, 5.41) is 9.59. The Morgan fingerprint density at radius 3 is 2.63 bits per heavy atom. The quantitative estimate of drug-likeness (QED) is 0.817. The molecule has 1 atom stereocenters. The van der Waals surface area contributed by atoms with Gasteiger partial charge in [-0.25, -0.2) is 0 Å². The summed E-state index contributed by atoms with van der Waals surface area (Å²) in [7, 11) is 0. The number of aliphatic hydroxyl groups is 1. The van der Waals surface area contributed by atoms with Crippen LogP contribution in [0.15, 0.2) is 0 Å². The van der Waals surface area contributed by atoms with Gasteiger partial charge in [0.2, 0.25) is 11.9 Å². The lowest BCUT2D eigenvalue weighted by molar-refractivity contribution is 0.109. The van der Waals surface area contributed by atoms with Crippen LogP contribution in [0.1, 0.15) is 26.7 Å². The van der Waals surface area contributed by atoms with Gasteiger partial charge in [-0.3, -0.25) is 0 Å². The van der Waals surface area contributed by atoms with Gasteiger partial charge >= 0.3 is 6.01 Å². The first kappa shape index (κ1) is 13.8. The van der Waals surface area contributed by atoms with Gasteiger partial charge in [0.15, 0.2) is 0 Å². The maximum atomic E-state index is 9.59. The standard InChI is InChI=1S/C12H21N5O2/c1-3-19-12-15-10(13)14-11(16-12)17-6-4-9(5-7-17)8(2)18/h8-9,18H,3-7H2,1-2H3,(H2,13,14,15,16). The highest BCUT2D eigenvalue weighted by Crippen LogP contribution is 2.24. The van der Waals surface area contributed by atoms with Crippen LogP contribution in [0.3, 0.4) is 0 Å². The van der Waals surface area contributed by atoms with Gasteiger partial charge in [0.25, 0.3) is 0 Å². The third-order valence-electron chi connectivity index (χ3n) is 3.40. The topological polar surface area (TPSA) is 97.4 Å². The highest BCUT2D eigenvalue weighted by Gasteiger charge is 2.24. The first-order valence-corrected chi connectivity index (χ1v) is 6.67. The highest BCUT2D eigenvalue weighted by atomic mass is 16.5. The lowest BCUT2D eigenvalue weighted by atomic mass is 9.92. The van der Waals surface area contributed by atoms with Gasteiger partial charge in [-0.1, -0.05) is 0 Å². The van der Waals surface area contributed by atoms with Gasteiger partial charge < -0.3 is 20.5 Å². The zero-order valence-electron chi connectivity index (χ0n) is 11.4. The molecule has 1 aromatic heterocycles. The molecule has 3 N–H and O–H groups in total. The maximum Gasteiger partial charge on any atom is 0.323 e. The van der Waals surface area contributed by atoms with Crippen LogP contribution in [0.4, 0.5) is 11.9 Å². The lowest BCUT2D eigenvalue weighted by Gasteiger charge is -2.33. The van der Waals surface area contributed by atoms with Crippen molar-refractivity contribution < 1.29 is 9.84 Å². The molecule has 0 bridgehead atoms. The predicted molar refractivity (Wildman–Crippen MR) is 72.0 cm³/mol. The van der Waals surface area contributed by atoms with E-state index in [1.165, 1.54) is 0 Å². The predicted octanol–water partition coefficient (Wildman–Crippen LogP) is 0.450. The Labute approximate surface area is 112 Å². The fourth-order valence-corrected chi connectivity index (χ4v) is 2.28. The molecule has 2 rings (SSSR count). The number of hydrogen-bond donors (Lipinski definition) is 2. The molecule has 1 fully saturated rings. The molecule has 1 saturated heterocycles. The Morgan fingerprint density at radius 1 is 1.37 bits per heavy atom. The molecule has 2 heterocycles. The van der Waals surface area contributed by atoms with Crippen molar-refractivity contribution in [2.24, 2.45) is 5.92 Å². The molecule has 19 heavy (non-hydrogen) atoms. The molecule has 106 valence electrons. The number of aliphatic hydroxyl groups excluding tert-OH is 1. The van der Waals surface area contributed by atoms with Crippen molar-refractivity contribution in [2.75, 3.05) is 30.3 Å². The maximum absolute atomic E-state index is 9.59. The number of nitrogen functional groups attached to an aromatic ring is 1. The third kappa shape index (κ3) is 3.44. The van der Waals surface area contributed by atoms with Gasteiger partial charge in [-0.05, 0) is 32.6 Å². The van der Waals surface area contributed by atoms with Gasteiger partial charge in [0.1, 0.15) is 0 Å². The minimum absolute atomic E-state index is 0.172. The first-order valence-electron chi connectivity index (χ1n) is 6.67. The fraction of sp³-hybridized carbons (Fsp3) is 0.750. The first-order chi connectivity index (χ1) is 9.10. The number of nitrogens with two attached hydrogens (primary N) is 1. The molecular formula is C12H21N5O2. The van der Waals surface area contributed by atoms with Gasteiger partial charge in [-0.2, -0.15) is 15.0 Å². The Balaban J connectivity index is 2.06. The van der Waals surface area contributed by atoms with E-state index in [1.54, 1.807) is 0 Å². The Kier molecular flexibility index (Phi) is 4.36. The summed E-state index contributed by atoms with van der Waals surface area (Å²) in [5.41, 5.74) is 5.66. The number of hydrogen-bond acceptors (Lipinski definition) is 7. The number of ether oxygens (including phenoxy) is 1. The Bertz CT molecular complexity index is 419. The smallest absolute Gasteiger partial charge is 0.323 e. The van der Waals surface area contributed by atoms with E-state index in [2.05, 4.69) is 19.9 Å². The van der Waals surface area contributed by atoms with Crippen LogP contribution in [0.5, 0.6) is 6.01 Å². The van der Waals surface area contributed by atoms with Crippen molar-refractivity contribution in [3.8, 4) is 6.01 Å². The van der Waals surface area contributed by atoms with Crippen molar-refractivity contribution >= 4 is 11.9 Å². The van der Waals surface area contributed by atoms with Gasteiger partial charge in [0.05, 0.1) is 12.7 Å². The largest absolute Gasteiger partial charge is 0.464 e. The molecule has 7 nitrogen and oxygen atoms in total. The van der Waals surface area contributed by atoms with E-state index in [0.29, 0.717) is 18.5 Å². The monoisotopic (exact) mass is 267 g/mol. The van der Waals surface area contributed by atoms with Crippen LogP contribution in [0.25, 0.3) is 0 Å². The molecule has 0 aliphatic carbocycles. The van der Waals surface area contributed by atoms with Crippen LogP contribution in [-0.2, 0) is 0 Å². The molecule has 1 aliphatic heterocycles. The van der Waals surface area contributed by atoms with Crippen LogP contribution < -0.4 is 15.4 Å². The summed E-state index contributed by atoms with van der Waals surface area (Å²) < 4.78 is 5.27. The van der Waals surface area contributed by atoms with Crippen molar-refractivity contribution in [1.82, 2.24) is 15.0 Å². The average molecular weight is 267 g/mol. The van der Waals surface area contributed by atoms with Gasteiger partial charge in [0, 0.05) is 13.1 Å². The van der Waals surface area contributed by atoms with Crippen molar-refractivity contribution in [3.63, 3.8) is 0 Å². The lowest BCUT2D eigenvalue weighted by Crippen LogP contribution is -2.38. The normalized spacial score (nSPS) is 18.4. The summed E-state index contributed by atoms with van der Waals surface area (Å²) >= 11 is 0. The van der Waals surface area contributed by atoms with Crippen molar-refractivity contribution in [2.45, 2.75) is 32.8 Å². The van der Waals surface area contributed by atoms with Crippen LogP contribution >= 0.6 is 0 Å². The number of nitrogens with zero attached hydrogens (tertiary/aromatic N) is 4. The van der Waals surface area contributed by atoms with E-state index in [0.717, 1.165) is 25.9 Å². The second kappa shape index (κ2) is 6.01. The SMILES string of the molecule is CCOc1nc(N)nc(N2CCC(C(C)O)CC2)n1. The van der Waals surface area contributed by atoms with E-state index in [1.807, 2.05) is 13.8 Å². The van der Waals surface area contributed by atoms with Crippen LogP contribution in [-0.4, -0.2) is 45.9 Å². The Hall–Kier alpha value is -1.63. The summed E-state index contributed by atoms with van der Waals surface area (Å²) in [6.45, 7) is 5.82. The summed E-state index contributed by atoms with van der Waals surface area (Å²) in [6, 6.07) is 0.266. The van der Waals surface area contributed by atoms with Crippen LogP contribution in [0, 0.1) is 5.92 Å². The van der Waals surface area contributed by atoms with E-state index in [4.69, 9.17) is 10.5 Å². The molecule has 0 spiro atoms. The molecule has 1 aromatic rings. The number of rotatable bonds is 4. The van der Waals surface area contributed by atoms with Gasteiger partial charge in [-0.15, -0.1) is 0 Å². The summed E-state index contributed by atoms with van der Waals surface area (Å²) in [6.07, 6.45) is 1.59. The number of anilines is 2. The summed E-state index contributed by atoms with van der Waals surface area (Å²) in [5.74, 6) is 1.08. The Morgan fingerprint density at radius 2 is 2.05 bits per heavy atom. The van der Waals surface area contributed by atoms with E-state index in [9.17, 15) is 5.11 Å². The zero-order valence-corrected chi connectivity index (χ0v) is 11.4. The molecule has 0 aromatic carbocycles. The second-order valence-electron chi connectivity index (χ2n) is 4.77. The molecule has 7 heteroatoms. The van der Waals surface area contributed by atoms with Crippen LogP contribution in [0.2, 0.25) is 0 Å². The van der Waals surface area contributed by atoms with E-state index in [-0.39, 0.29) is 18.1 Å². The molecule has 0 amide bonds. The molecule has 0 radical (unpaired) electrons. The molecule has 0 saturated carbocycles. The second-order valence-corrected chi connectivity index (χ2v) is 4.77. The molecule has 1 unspecified atom stereocenters. The summed E-state index contributed by atoms with van der Waals surface area (Å²) in [4.78, 5) is 14.4. The van der Waals surface area contributed by atoms with E-state index < -0.39 is 0 Å². The zero-order chi connectivity index (χ0) is 13.8. The van der Waals surface area contributed by atoms with Crippen molar-refractivity contribution in [3.05, 3.63) is 0 Å². The highest BCUT2D eigenvalue weighted by molar-refractivity contribution is 5.36. The average Bonchev–Trinajstić information content (AvgIpc) is 2.38. The molecule has 1 aliphatic rings. The van der Waals surface area contributed by atoms with Crippen molar-refractivity contribution in [1.29, 1.82) is 0 Å². The minimum Gasteiger partial charge on any atom is -0.464 e. The molecular weight excluding hydrogens is 246 g/mol. The number of piperidine rings is 1. The fourth-order valence-electron chi connectivity index (χ4n) is 2.28. The number of aromatic nitrogens is 3. The third-order valence-corrected chi connectivity index (χ3v) is 3.40. The minimum atomic E-state index is -0.260.